The van der Waals surface area contributed by atoms with Crippen LogP contribution in [0.4, 0.5) is 5.69 Å². The minimum Gasteiger partial charge on any atom is -0.506 e. The van der Waals surface area contributed by atoms with Gasteiger partial charge in [-0.25, -0.2) is 12.7 Å². The average molecular weight is 354 g/mol. The molecule has 0 unspecified atom stereocenters. The van der Waals surface area contributed by atoms with Crippen molar-refractivity contribution in [2.24, 2.45) is 5.92 Å². The summed E-state index contributed by atoms with van der Waals surface area (Å²) < 4.78 is 26.1. The Kier molecular flexibility index (Phi) is 6.23. The second-order valence-corrected chi connectivity index (χ2v) is 8.47. The zero-order valence-corrected chi connectivity index (χ0v) is 15.1. The average Bonchev–Trinajstić information content (AvgIpc) is 2.56. The minimum atomic E-state index is -3.30. The second kappa shape index (κ2) is 7.98. The molecule has 1 saturated heterocycles. The van der Waals surface area contributed by atoms with Gasteiger partial charge < -0.3 is 10.4 Å². The Hall–Kier alpha value is -1.60. The molecule has 1 amide bonds. The van der Waals surface area contributed by atoms with Gasteiger partial charge in [0.15, 0.2) is 0 Å². The summed E-state index contributed by atoms with van der Waals surface area (Å²) in [4.78, 5) is 12.5. The van der Waals surface area contributed by atoms with Crippen molar-refractivity contribution in [3.63, 3.8) is 0 Å². The maximum Gasteiger partial charge on any atom is 0.228 e. The van der Waals surface area contributed by atoms with E-state index in [2.05, 4.69) is 5.32 Å². The lowest BCUT2D eigenvalue weighted by Crippen LogP contribution is -2.44. The zero-order chi connectivity index (χ0) is 17.7. The molecule has 1 aromatic rings. The summed E-state index contributed by atoms with van der Waals surface area (Å²) in [6.07, 6.45) is 2.78. The predicted octanol–water partition coefficient (Wildman–Crippen LogP) is 2.48. The number of aromatic hydroxyl groups is 1. The van der Waals surface area contributed by atoms with Crippen LogP contribution in [0.25, 0.3) is 0 Å². The highest BCUT2D eigenvalue weighted by atomic mass is 32.2. The molecule has 1 aromatic carbocycles. The SMILES string of the molecule is CCCCS(=O)(=O)N1CCC[C@H](C(=O)Nc2cc(C)ccc2O)C1. The van der Waals surface area contributed by atoms with Crippen molar-refractivity contribution in [3.05, 3.63) is 23.8 Å². The Morgan fingerprint density at radius 1 is 1.42 bits per heavy atom. The van der Waals surface area contributed by atoms with Crippen LogP contribution in [0.1, 0.15) is 38.2 Å². The number of phenols is 1. The van der Waals surface area contributed by atoms with Crippen LogP contribution in [0.3, 0.4) is 0 Å². The van der Waals surface area contributed by atoms with Gasteiger partial charge in [-0.05, 0) is 43.9 Å². The first-order valence-corrected chi connectivity index (χ1v) is 10.0. The standard InChI is InChI=1S/C17H26N2O4S/c1-3-4-10-24(22,23)19-9-5-6-14(12-19)17(21)18-15-11-13(2)7-8-16(15)20/h7-8,11,14,20H,3-6,9-10,12H2,1-2H3,(H,18,21)/t14-/m0/s1. The number of carbonyl (C=O) groups is 1. The Morgan fingerprint density at radius 3 is 2.88 bits per heavy atom. The molecular weight excluding hydrogens is 328 g/mol. The van der Waals surface area contributed by atoms with Crippen molar-refractivity contribution in [2.45, 2.75) is 39.5 Å². The lowest BCUT2D eigenvalue weighted by molar-refractivity contribution is -0.120. The first-order valence-electron chi connectivity index (χ1n) is 8.42. The summed E-state index contributed by atoms with van der Waals surface area (Å²) in [6, 6.07) is 4.99. The highest BCUT2D eigenvalue weighted by Gasteiger charge is 2.32. The molecule has 1 heterocycles. The largest absolute Gasteiger partial charge is 0.506 e. The van der Waals surface area contributed by atoms with E-state index in [9.17, 15) is 18.3 Å². The number of benzene rings is 1. The van der Waals surface area contributed by atoms with E-state index in [1.54, 1.807) is 12.1 Å². The van der Waals surface area contributed by atoms with Crippen molar-refractivity contribution in [1.29, 1.82) is 0 Å². The smallest absolute Gasteiger partial charge is 0.228 e. The van der Waals surface area contributed by atoms with E-state index in [0.717, 1.165) is 12.0 Å². The second-order valence-electron chi connectivity index (χ2n) is 6.38. The van der Waals surface area contributed by atoms with Crippen LogP contribution in [0, 0.1) is 12.8 Å². The van der Waals surface area contributed by atoms with E-state index in [0.29, 0.717) is 31.5 Å². The van der Waals surface area contributed by atoms with Crippen LogP contribution in [0.5, 0.6) is 5.75 Å². The molecule has 1 atom stereocenters. The summed E-state index contributed by atoms with van der Waals surface area (Å²) in [6.45, 7) is 4.52. The highest BCUT2D eigenvalue weighted by molar-refractivity contribution is 7.89. The first kappa shape index (κ1) is 18.7. The molecule has 0 radical (unpaired) electrons. The maximum atomic E-state index is 12.5. The van der Waals surface area contributed by atoms with Gasteiger partial charge in [0.2, 0.25) is 15.9 Å². The zero-order valence-electron chi connectivity index (χ0n) is 14.3. The third kappa shape index (κ3) is 4.70. The molecular formula is C17H26N2O4S. The Bertz CT molecular complexity index is 688. The molecule has 7 heteroatoms. The van der Waals surface area contributed by atoms with Crippen LogP contribution in [0.15, 0.2) is 18.2 Å². The van der Waals surface area contributed by atoms with Crippen LogP contribution < -0.4 is 5.32 Å². The molecule has 6 nitrogen and oxygen atoms in total. The minimum absolute atomic E-state index is 0.0113. The number of rotatable bonds is 6. The van der Waals surface area contributed by atoms with Gasteiger partial charge in [0.1, 0.15) is 5.75 Å². The van der Waals surface area contributed by atoms with E-state index >= 15 is 0 Å². The normalized spacial score (nSPS) is 19.2. The molecule has 0 saturated carbocycles. The number of carbonyl (C=O) groups excluding carboxylic acids is 1. The van der Waals surface area contributed by atoms with Crippen molar-refractivity contribution in [2.75, 3.05) is 24.2 Å². The number of unbranched alkanes of at least 4 members (excludes halogenated alkanes) is 1. The number of piperidine rings is 1. The van der Waals surface area contributed by atoms with Gasteiger partial charge >= 0.3 is 0 Å². The molecule has 24 heavy (non-hydrogen) atoms. The van der Waals surface area contributed by atoms with Crippen molar-refractivity contribution >= 4 is 21.6 Å². The molecule has 1 aliphatic rings. The van der Waals surface area contributed by atoms with Crippen LogP contribution in [-0.2, 0) is 14.8 Å². The summed E-state index contributed by atoms with van der Waals surface area (Å²) in [7, 11) is -3.30. The molecule has 0 spiro atoms. The Morgan fingerprint density at radius 2 is 2.17 bits per heavy atom. The van der Waals surface area contributed by atoms with Gasteiger partial charge in [0.05, 0.1) is 17.4 Å². The van der Waals surface area contributed by atoms with E-state index in [-0.39, 0.29) is 24.0 Å². The molecule has 2 rings (SSSR count). The fourth-order valence-corrected chi connectivity index (χ4v) is 4.58. The molecule has 1 aliphatic heterocycles. The molecule has 2 N–H and O–H groups in total. The quantitative estimate of drug-likeness (QED) is 0.769. The maximum absolute atomic E-state index is 12.5. The number of phenolic OH excluding ortho intramolecular Hbond substituents is 1. The summed E-state index contributed by atoms with van der Waals surface area (Å²) >= 11 is 0. The predicted molar refractivity (Wildman–Crippen MR) is 94.5 cm³/mol. The molecule has 0 aromatic heterocycles. The van der Waals surface area contributed by atoms with Gasteiger partial charge in [-0.2, -0.15) is 0 Å². The van der Waals surface area contributed by atoms with E-state index < -0.39 is 15.9 Å². The lowest BCUT2D eigenvalue weighted by atomic mass is 9.98. The fourth-order valence-electron chi connectivity index (χ4n) is 2.85. The third-order valence-electron chi connectivity index (χ3n) is 4.31. The number of amides is 1. The highest BCUT2D eigenvalue weighted by Crippen LogP contribution is 2.26. The van der Waals surface area contributed by atoms with Gasteiger partial charge in [-0.15, -0.1) is 0 Å². The lowest BCUT2D eigenvalue weighted by Gasteiger charge is -2.31. The number of nitrogens with zero attached hydrogens (tertiary/aromatic N) is 1. The van der Waals surface area contributed by atoms with Gasteiger partial charge in [-0.3, -0.25) is 4.79 Å². The van der Waals surface area contributed by atoms with Gasteiger partial charge in [-0.1, -0.05) is 19.4 Å². The first-order chi connectivity index (χ1) is 11.3. The topological polar surface area (TPSA) is 86.7 Å². The Balaban J connectivity index is 2.03. The van der Waals surface area contributed by atoms with Crippen LogP contribution in [0.2, 0.25) is 0 Å². The molecule has 0 aliphatic carbocycles. The fraction of sp³-hybridized carbons (Fsp3) is 0.588. The van der Waals surface area contributed by atoms with Crippen molar-refractivity contribution in [3.8, 4) is 5.75 Å². The number of nitrogens with one attached hydrogen (secondary N) is 1. The summed E-state index contributed by atoms with van der Waals surface area (Å²) in [5, 5.41) is 12.6. The van der Waals surface area contributed by atoms with Crippen LogP contribution >= 0.6 is 0 Å². The van der Waals surface area contributed by atoms with E-state index in [1.807, 2.05) is 13.8 Å². The van der Waals surface area contributed by atoms with Gasteiger partial charge in [0, 0.05) is 13.1 Å². The summed E-state index contributed by atoms with van der Waals surface area (Å²) in [5.41, 5.74) is 1.29. The third-order valence-corrected chi connectivity index (χ3v) is 6.24. The Labute approximate surface area is 143 Å². The number of anilines is 1. The number of aryl methyl sites for hydroxylation is 1. The van der Waals surface area contributed by atoms with Gasteiger partial charge in [0.25, 0.3) is 0 Å². The van der Waals surface area contributed by atoms with Crippen molar-refractivity contribution in [1.82, 2.24) is 4.31 Å². The molecule has 1 fully saturated rings. The van der Waals surface area contributed by atoms with Crippen molar-refractivity contribution < 1.29 is 18.3 Å². The number of sulfonamides is 1. The molecule has 0 bridgehead atoms. The molecule has 134 valence electrons. The van der Waals surface area contributed by atoms with E-state index in [4.69, 9.17) is 0 Å². The summed E-state index contributed by atoms with van der Waals surface area (Å²) in [5.74, 6) is -0.491. The van der Waals surface area contributed by atoms with E-state index in [1.165, 1.54) is 10.4 Å². The monoisotopic (exact) mass is 354 g/mol. The number of hydrogen-bond acceptors (Lipinski definition) is 4. The van der Waals surface area contributed by atoms with Crippen LogP contribution in [-0.4, -0.2) is 42.6 Å². The number of hydrogen-bond donors (Lipinski definition) is 2.